The Labute approximate surface area is 131 Å². The molecule has 0 aliphatic rings. The molecular weight excluding hydrogens is 274 g/mol. The number of nitrogens with zero attached hydrogens (tertiary/aromatic N) is 1. The molecule has 3 nitrogen and oxygen atoms in total. The van der Waals surface area contributed by atoms with Crippen molar-refractivity contribution in [1.82, 2.24) is 0 Å². The summed E-state index contributed by atoms with van der Waals surface area (Å²) in [6.07, 6.45) is 1.07. The zero-order chi connectivity index (χ0) is 16.3. The SMILES string of the molecule is CCC(C)(C)c1ccc(-c2cccc(C(=O)N=O)c2)c(C)c1. The summed E-state index contributed by atoms with van der Waals surface area (Å²) < 4.78 is 0. The molecule has 22 heavy (non-hydrogen) atoms. The number of amides is 1. The fourth-order valence-electron chi connectivity index (χ4n) is 2.49. The van der Waals surface area contributed by atoms with Crippen LogP contribution >= 0.6 is 0 Å². The molecule has 0 saturated carbocycles. The van der Waals surface area contributed by atoms with Gasteiger partial charge in [0.05, 0.1) is 0 Å². The van der Waals surface area contributed by atoms with Crippen LogP contribution in [0, 0.1) is 11.8 Å². The summed E-state index contributed by atoms with van der Waals surface area (Å²) >= 11 is 0. The average Bonchev–Trinajstić information content (AvgIpc) is 2.54. The van der Waals surface area contributed by atoms with Crippen LogP contribution in [0.25, 0.3) is 11.1 Å². The van der Waals surface area contributed by atoms with E-state index in [1.807, 2.05) is 6.07 Å². The predicted octanol–water partition coefficient (Wildman–Crippen LogP) is 5.26. The molecule has 114 valence electrons. The molecule has 0 aromatic heterocycles. The van der Waals surface area contributed by atoms with Crippen molar-refractivity contribution in [3.05, 3.63) is 64.1 Å². The first-order chi connectivity index (χ1) is 10.4. The molecule has 2 aromatic carbocycles. The fraction of sp³-hybridized carbons (Fsp3) is 0.316. The van der Waals surface area contributed by atoms with Crippen LogP contribution in [-0.2, 0) is 5.41 Å². The molecular formula is C19H21NO2. The van der Waals surface area contributed by atoms with Gasteiger partial charge in [0.15, 0.2) is 0 Å². The van der Waals surface area contributed by atoms with Gasteiger partial charge < -0.3 is 0 Å². The molecule has 0 atom stereocenters. The molecule has 1 amide bonds. The average molecular weight is 295 g/mol. The molecule has 2 rings (SSSR count). The summed E-state index contributed by atoms with van der Waals surface area (Å²) in [7, 11) is 0. The Bertz CT molecular complexity index is 717. The van der Waals surface area contributed by atoms with Crippen molar-refractivity contribution < 1.29 is 4.79 Å². The molecule has 0 spiro atoms. The minimum Gasteiger partial charge on any atom is -0.263 e. The van der Waals surface area contributed by atoms with Gasteiger partial charge in [0.1, 0.15) is 0 Å². The lowest BCUT2D eigenvalue weighted by atomic mass is 9.80. The lowest BCUT2D eigenvalue weighted by Crippen LogP contribution is -2.15. The van der Waals surface area contributed by atoms with Gasteiger partial charge in [-0.25, -0.2) is 0 Å². The predicted molar refractivity (Wildman–Crippen MR) is 90.1 cm³/mol. The summed E-state index contributed by atoms with van der Waals surface area (Å²) in [5, 5.41) is 2.48. The molecule has 0 bridgehead atoms. The summed E-state index contributed by atoms with van der Waals surface area (Å²) in [4.78, 5) is 21.8. The van der Waals surface area contributed by atoms with Crippen molar-refractivity contribution in [2.75, 3.05) is 0 Å². The highest BCUT2D eigenvalue weighted by atomic mass is 16.3. The Morgan fingerprint density at radius 2 is 1.86 bits per heavy atom. The molecule has 0 fully saturated rings. The summed E-state index contributed by atoms with van der Waals surface area (Å²) in [5.41, 5.74) is 4.91. The zero-order valence-corrected chi connectivity index (χ0v) is 13.5. The standard InChI is InChI=1S/C19H21NO2/c1-5-19(3,4)16-9-10-17(13(2)11-16)14-7-6-8-15(12-14)18(21)20-22/h6-12H,5H2,1-4H3. The highest BCUT2D eigenvalue weighted by Crippen LogP contribution is 2.31. The summed E-state index contributed by atoms with van der Waals surface area (Å²) in [5.74, 6) is -0.733. The highest BCUT2D eigenvalue weighted by molar-refractivity contribution is 5.96. The van der Waals surface area contributed by atoms with Gasteiger partial charge in [-0.2, -0.15) is 0 Å². The van der Waals surface area contributed by atoms with E-state index >= 15 is 0 Å². The maximum absolute atomic E-state index is 11.4. The maximum Gasteiger partial charge on any atom is 0.316 e. The van der Waals surface area contributed by atoms with Gasteiger partial charge in [-0.05, 0) is 53.1 Å². The van der Waals surface area contributed by atoms with Crippen LogP contribution in [-0.4, -0.2) is 5.91 Å². The van der Waals surface area contributed by atoms with Gasteiger partial charge in [-0.3, -0.25) is 4.79 Å². The molecule has 0 aliphatic carbocycles. The van der Waals surface area contributed by atoms with Crippen LogP contribution in [0.1, 0.15) is 48.7 Å². The number of carbonyl (C=O) groups is 1. The Kier molecular flexibility index (Phi) is 4.55. The van der Waals surface area contributed by atoms with Crippen molar-refractivity contribution in [1.29, 1.82) is 0 Å². The van der Waals surface area contributed by atoms with E-state index in [9.17, 15) is 9.70 Å². The van der Waals surface area contributed by atoms with Crippen molar-refractivity contribution in [2.45, 2.75) is 39.5 Å². The van der Waals surface area contributed by atoms with E-state index in [0.717, 1.165) is 23.1 Å². The number of rotatable bonds is 4. The fourth-order valence-corrected chi connectivity index (χ4v) is 2.49. The Morgan fingerprint density at radius 1 is 1.14 bits per heavy atom. The number of benzene rings is 2. The van der Waals surface area contributed by atoms with Crippen molar-refractivity contribution in [3.8, 4) is 11.1 Å². The number of aryl methyl sites for hydroxylation is 1. The van der Waals surface area contributed by atoms with Gasteiger partial charge >= 0.3 is 5.91 Å². The summed E-state index contributed by atoms with van der Waals surface area (Å²) in [6, 6.07) is 13.5. The van der Waals surface area contributed by atoms with E-state index in [0.29, 0.717) is 5.56 Å². The first-order valence-electron chi connectivity index (χ1n) is 7.48. The Morgan fingerprint density at radius 3 is 2.45 bits per heavy atom. The smallest absolute Gasteiger partial charge is 0.263 e. The molecule has 0 N–H and O–H groups in total. The van der Waals surface area contributed by atoms with Crippen LogP contribution in [0.15, 0.2) is 47.6 Å². The second-order valence-electron chi connectivity index (χ2n) is 6.24. The van der Waals surface area contributed by atoms with E-state index in [1.165, 1.54) is 5.56 Å². The molecule has 0 saturated heterocycles. The third kappa shape index (κ3) is 3.14. The van der Waals surface area contributed by atoms with Gasteiger partial charge in [0.25, 0.3) is 0 Å². The summed E-state index contributed by atoms with van der Waals surface area (Å²) in [6.45, 7) is 8.72. The lowest BCUT2D eigenvalue weighted by molar-refractivity contribution is 0.100. The van der Waals surface area contributed by atoms with Crippen LogP contribution in [0.5, 0.6) is 0 Å². The lowest BCUT2D eigenvalue weighted by Gasteiger charge is -2.24. The monoisotopic (exact) mass is 295 g/mol. The topological polar surface area (TPSA) is 46.5 Å². The Hall–Kier alpha value is -2.29. The third-order valence-corrected chi connectivity index (χ3v) is 4.40. The van der Waals surface area contributed by atoms with E-state index in [4.69, 9.17) is 0 Å². The number of hydrogen-bond acceptors (Lipinski definition) is 2. The third-order valence-electron chi connectivity index (χ3n) is 4.40. The van der Waals surface area contributed by atoms with E-state index in [-0.39, 0.29) is 5.41 Å². The van der Waals surface area contributed by atoms with Crippen molar-refractivity contribution in [3.63, 3.8) is 0 Å². The van der Waals surface area contributed by atoms with Gasteiger partial charge in [-0.15, -0.1) is 4.91 Å². The molecule has 3 heteroatoms. The van der Waals surface area contributed by atoms with E-state index in [1.54, 1.807) is 18.2 Å². The van der Waals surface area contributed by atoms with Gasteiger partial charge in [-0.1, -0.05) is 51.1 Å². The maximum atomic E-state index is 11.4. The van der Waals surface area contributed by atoms with Crippen molar-refractivity contribution >= 4 is 5.91 Å². The second kappa shape index (κ2) is 6.22. The molecule has 0 unspecified atom stereocenters. The highest BCUT2D eigenvalue weighted by Gasteiger charge is 2.19. The van der Waals surface area contributed by atoms with Crippen molar-refractivity contribution in [2.24, 2.45) is 5.18 Å². The van der Waals surface area contributed by atoms with Crippen LogP contribution < -0.4 is 0 Å². The molecule has 0 heterocycles. The molecule has 2 aromatic rings. The van der Waals surface area contributed by atoms with Crippen LogP contribution in [0.4, 0.5) is 0 Å². The number of hydrogen-bond donors (Lipinski definition) is 0. The largest absolute Gasteiger partial charge is 0.316 e. The minimum atomic E-state index is -0.733. The minimum absolute atomic E-state index is 0.141. The van der Waals surface area contributed by atoms with Crippen LogP contribution in [0.3, 0.4) is 0 Å². The first kappa shape index (κ1) is 16.1. The Balaban J connectivity index is 2.46. The van der Waals surface area contributed by atoms with Gasteiger partial charge in [0.2, 0.25) is 0 Å². The van der Waals surface area contributed by atoms with E-state index in [2.05, 4.69) is 51.1 Å². The zero-order valence-electron chi connectivity index (χ0n) is 13.5. The molecule has 0 radical (unpaired) electrons. The van der Waals surface area contributed by atoms with Gasteiger partial charge in [0, 0.05) is 10.7 Å². The van der Waals surface area contributed by atoms with E-state index < -0.39 is 5.91 Å². The quantitative estimate of drug-likeness (QED) is 0.722. The number of carbonyl (C=O) groups excluding carboxylic acids is 1. The first-order valence-corrected chi connectivity index (χ1v) is 7.48. The van der Waals surface area contributed by atoms with Crippen LogP contribution in [0.2, 0.25) is 0 Å². The second-order valence-corrected chi connectivity index (χ2v) is 6.24. The number of nitroso groups, excluding NO2 is 1. The molecule has 0 aliphatic heterocycles. The normalized spacial score (nSPS) is 11.3.